The highest BCUT2D eigenvalue weighted by Crippen LogP contribution is 2.17. The van der Waals surface area contributed by atoms with Gasteiger partial charge in [0.25, 0.3) is 0 Å². The van der Waals surface area contributed by atoms with Crippen molar-refractivity contribution in [3.8, 4) is 0 Å². The number of rotatable bonds is 2. The summed E-state index contributed by atoms with van der Waals surface area (Å²) in [5.41, 5.74) is 0. The van der Waals surface area contributed by atoms with Gasteiger partial charge in [-0.1, -0.05) is 0 Å². The molecule has 0 aromatic carbocycles. The van der Waals surface area contributed by atoms with Crippen LogP contribution in [0.2, 0.25) is 0 Å². The fourth-order valence-corrected chi connectivity index (χ4v) is 1.87. The van der Waals surface area contributed by atoms with Crippen LogP contribution in [0.15, 0.2) is 0 Å². The van der Waals surface area contributed by atoms with Crippen molar-refractivity contribution in [2.24, 2.45) is 0 Å². The van der Waals surface area contributed by atoms with Gasteiger partial charge in [0, 0.05) is 33.2 Å². The van der Waals surface area contributed by atoms with Gasteiger partial charge in [0.1, 0.15) is 6.17 Å². The molecular formula is C9H15FN2O2. The number of hydrogen-bond donors (Lipinski definition) is 1. The molecule has 2 aliphatic rings. The molecule has 0 unspecified atom stereocenters. The number of alkyl halides is 1. The lowest BCUT2D eigenvalue weighted by molar-refractivity contribution is -0.144. The summed E-state index contributed by atoms with van der Waals surface area (Å²) in [5, 5.41) is 2.88. The van der Waals surface area contributed by atoms with Crippen molar-refractivity contribution in [1.82, 2.24) is 10.2 Å². The third-order valence-electron chi connectivity index (χ3n) is 2.87. The van der Waals surface area contributed by atoms with E-state index in [2.05, 4.69) is 5.32 Å². The average molecular weight is 202 g/mol. The predicted octanol–water partition coefficient (Wildman–Crippen LogP) is -0.456. The van der Waals surface area contributed by atoms with Crippen LogP contribution in [-0.4, -0.2) is 55.9 Å². The summed E-state index contributed by atoms with van der Waals surface area (Å²) < 4.78 is 17.9. The third-order valence-corrected chi connectivity index (χ3v) is 2.87. The van der Waals surface area contributed by atoms with Crippen LogP contribution in [0, 0.1) is 0 Å². The molecule has 0 aromatic heterocycles. The molecule has 0 radical (unpaired) electrons. The van der Waals surface area contributed by atoms with Gasteiger partial charge in [-0.15, -0.1) is 0 Å². The average Bonchev–Trinajstić information content (AvgIpc) is 2.49. The third kappa shape index (κ3) is 1.74. The number of hydrogen-bond acceptors (Lipinski definition) is 3. The quantitative estimate of drug-likeness (QED) is 0.659. The first-order valence-electron chi connectivity index (χ1n) is 4.89. The molecule has 2 saturated heterocycles. The summed E-state index contributed by atoms with van der Waals surface area (Å²) in [6.45, 7) is 1.59. The summed E-state index contributed by atoms with van der Waals surface area (Å²) in [4.78, 5) is 13.4. The molecule has 2 aliphatic heterocycles. The van der Waals surface area contributed by atoms with Gasteiger partial charge >= 0.3 is 0 Å². The molecule has 4 nitrogen and oxygen atoms in total. The number of amides is 1. The molecule has 0 saturated carbocycles. The minimum atomic E-state index is -0.872. The summed E-state index contributed by atoms with van der Waals surface area (Å²) in [6.07, 6.45) is -0.391. The van der Waals surface area contributed by atoms with E-state index in [0.717, 1.165) is 0 Å². The van der Waals surface area contributed by atoms with Crippen molar-refractivity contribution in [2.45, 2.75) is 24.7 Å². The van der Waals surface area contributed by atoms with E-state index in [-0.39, 0.29) is 18.1 Å². The van der Waals surface area contributed by atoms with Crippen molar-refractivity contribution < 1.29 is 13.9 Å². The Morgan fingerprint density at radius 3 is 2.79 bits per heavy atom. The fourth-order valence-electron chi connectivity index (χ4n) is 1.87. The summed E-state index contributed by atoms with van der Waals surface area (Å²) >= 11 is 0. The second-order valence-electron chi connectivity index (χ2n) is 3.89. The van der Waals surface area contributed by atoms with Gasteiger partial charge in [0.2, 0.25) is 5.91 Å². The fraction of sp³-hybridized carbons (Fsp3) is 0.889. The van der Waals surface area contributed by atoms with Crippen LogP contribution in [-0.2, 0) is 9.53 Å². The highest BCUT2D eigenvalue weighted by molar-refractivity contribution is 5.83. The number of ether oxygens (including phenoxy) is 1. The Morgan fingerprint density at radius 1 is 1.57 bits per heavy atom. The van der Waals surface area contributed by atoms with Crippen molar-refractivity contribution >= 4 is 5.91 Å². The SMILES string of the molecule is COC1CN(C(=O)[C@H]2C[C@H](F)CN2)C1. The molecule has 1 N–H and O–H groups in total. The highest BCUT2D eigenvalue weighted by Gasteiger charge is 2.37. The Balaban J connectivity index is 1.79. The van der Waals surface area contributed by atoms with E-state index in [1.807, 2.05) is 0 Å². The maximum Gasteiger partial charge on any atom is 0.240 e. The Morgan fingerprint density at radius 2 is 2.29 bits per heavy atom. The molecular weight excluding hydrogens is 187 g/mol. The van der Waals surface area contributed by atoms with Crippen molar-refractivity contribution in [1.29, 1.82) is 0 Å². The van der Waals surface area contributed by atoms with E-state index < -0.39 is 6.17 Å². The first kappa shape index (κ1) is 9.86. The normalized spacial score (nSPS) is 33.1. The maximum absolute atomic E-state index is 12.8. The molecule has 14 heavy (non-hydrogen) atoms. The lowest BCUT2D eigenvalue weighted by Crippen LogP contribution is -2.58. The number of halogens is 1. The van der Waals surface area contributed by atoms with Gasteiger partial charge < -0.3 is 15.0 Å². The Hall–Kier alpha value is -0.680. The zero-order valence-electron chi connectivity index (χ0n) is 8.20. The standard InChI is InChI=1S/C9H15FN2O2/c1-14-7-4-12(5-7)9(13)8-2-6(10)3-11-8/h6-8,11H,2-5H2,1H3/t6-,8+/m0/s1. The second-order valence-corrected chi connectivity index (χ2v) is 3.89. The molecule has 2 fully saturated rings. The topological polar surface area (TPSA) is 41.6 Å². The van der Waals surface area contributed by atoms with E-state index in [1.54, 1.807) is 12.0 Å². The van der Waals surface area contributed by atoms with E-state index in [9.17, 15) is 9.18 Å². The van der Waals surface area contributed by atoms with Crippen LogP contribution < -0.4 is 5.32 Å². The minimum Gasteiger partial charge on any atom is -0.378 e. The number of carbonyl (C=O) groups is 1. The number of methoxy groups -OCH3 is 1. The van der Waals surface area contributed by atoms with E-state index in [1.165, 1.54) is 0 Å². The van der Waals surface area contributed by atoms with E-state index >= 15 is 0 Å². The Kier molecular flexibility index (Phi) is 2.69. The molecule has 2 atom stereocenters. The second kappa shape index (κ2) is 3.82. The van der Waals surface area contributed by atoms with Crippen LogP contribution in [0.4, 0.5) is 4.39 Å². The molecule has 5 heteroatoms. The first-order chi connectivity index (χ1) is 6.70. The maximum atomic E-state index is 12.8. The molecule has 0 spiro atoms. The van der Waals surface area contributed by atoms with Crippen LogP contribution in [0.25, 0.3) is 0 Å². The monoisotopic (exact) mass is 202 g/mol. The molecule has 2 heterocycles. The van der Waals surface area contributed by atoms with Gasteiger partial charge in [0.05, 0.1) is 12.1 Å². The molecule has 80 valence electrons. The zero-order chi connectivity index (χ0) is 10.1. The van der Waals surface area contributed by atoms with Crippen LogP contribution >= 0.6 is 0 Å². The van der Waals surface area contributed by atoms with Gasteiger partial charge in [0.15, 0.2) is 0 Å². The van der Waals surface area contributed by atoms with Crippen LogP contribution in [0.3, 0.4) is 0 Å². The van der Waals surface area contributed by atoms with Crippen molar-refractivity contribution in [3.63, 3.8) is 0 Å². The zero-order valence-corrected chi connectivity index (χ0v) is 8.20. The molecule has 1 amide bonds. The van der Waals surface area contributed by atoms with Crippen molar-refractivity contribution in [3.05, 3.63) is 0 Å². The lowest BCUT2D eigenvalue weighted by Gasteiger charge is -2.39. The molecule has 0 aliphatic carbocycles. The van der Waals surface area contributed by atoms with E-state index in [4.69, 9.17) is 4.74 Å². The highest BCUT2D eigenvalue weighted by atomic mass is 19.1. The number of nitrogens with one attached hydrogen (secondary N) is 1. The van der Waals surface area contributed by atoms with E-state index in [0.29, 0.717) is 26.1 Å². The van der Waals surface area contributed by atoms with Gasteiger partial charge in [-0.2, -0.15) is 0 Å². The minimum absolute atomic E-state index is 0.0125. The van der Waals surface area contributed by atoms with Crippen molar-refractivity contribution in [2.75, 3.05) is 26.7 Å². The summed E-state index contributed by atoms with van der Waals surface area (Å²) in [6, 6.07) is -0.317. The number of likely N-dealkylation sites (tertiary alicyclic amines) is 1. The largest absolute Gasteiger partial charge is 0.378 e. The predicted molar refractivity (Wildman–Crippen MR) is 48.7 cm³/mol. The number of carbonyl (C=O) groups excluding carboxylic acids is 1. The Bertz CT molecular complexity index is 231. The molecule has 0 bridgehead atoms. The smallest absolute Gasteiger partial charge is 0.240 e. The van der Waals surface area contributed by atoms with Crippen LogP contribution in [0.5, 0.6) is 0 Å². The summed E-state index contributed by atoms with van der Waals surface area (Å²) in [7, 11) is 1.64. The molecule has 0 aromatic rings. The lowest BCUT2D eigenvalue weighted by atomic mass is 10.1. The summed E-state index contributed by atoms with van der Waals surface area (Å²) in [5.74, 6) is 0.0125. The van der Waals surface area contributed by atoms with Gasteiger partial charge in [-0.25, -0.2) is 4.39 Å². The number of nitrogens with zero attached hydrogens (tertiary/aromatic N) is 1. The van der Waals surface area contributed by atoms with Gasteiger partial charge in [-0.05, 0) is 0 Å². The molecule has 2 rings (SSSR count). The first-order valence-corrected chi connectivity index (χ1v) is 4.89. The van der Waals surface area contributed by atoms with Gasteiger partial charge in [-0.3, -0.25) is 4.79 Å². The Labute approximate surface area is 82.4 Å². The van der Waals surface area contributed by atoms with Crippen LogP contribution in [0.1, 0.15) is 6.42 Å².